The Morgan fingerprint density at radius 3 is 1.58 bits per heavy atom. The van der Waals surface area contributed by atoms with Crippen LogP contribution in [0.5, 0.6) is 0 Å². The van der Waals surface area contributed by atoms with E-state index < -0.39 is 34.3 Å². The van der Waals surface area contributed by atoms with Crippen LogP contribution >= 0.6 is 16.8 Å². The number of nitrogens with zero attached hydrogens (tertiary/aromatic N) is 1. The highest BCUT2D eigenvalue weighted by Gasteiger charge is 2.24. The SMILES string of the molecule is O=C(OCc1ccccc1)N(CCCC(P([O-])[O-])P([O-])[O-])C(=O)OCc1ccccc1. The third-order valence-electron chi connectivity index (χ3n) is 4.18. The van der Waals surface area contributed by atoms with Gasteiger partial charge in [-0.25, -0.2) is 14.5 Å². The summed E-state index contributed by atoms with van der Waals surface area (Å²) in [4.78, 5) is 69.9. The summed E-state index contributed by atoms with van der Waals surface area (Å²) in [5.41, 5.74) is 1.42. The van der Waals surface area contributed by atoms with Gasteiger partial charge in [-0.2, -0.15) is 0 Å². The summed E-state index contributed by atoms with van der Waals surface area (Å²) < 4.78 is 10.3. The van der Waals surface area contributed by atoms with E-state index in [9.17, 15) is 29.2 Å². The molecule has 2 aromatic carbocycles. The molecule has 0 atom stereocenters. The summed E-state index contributed by atoms with van der Waals surface area (Å²) >= 11 is 0. The molecule has 2 amide bonds. The quantitative estimate of drug-likeness (QED) is 0.474. The average Bonchev–Trinajstić information content (AvgIpc) is 2.76. The molecule has 0 aliphatic rings. The zero-order chi connectivity index (χ0) is 22.6. The van der Waals surface area contributed by atoms with Gasteiger partial charge in [0.25, 0.3) is 0 Å². The van der Waals surface area contributed by atoms with Crippen molar-refractivity contribution in [3.05, 3.63) is 71.8 Å². The topological polar surface area (TPSA) is 148 Å². The lowest BCUT2D eigenvalue weighted by Gasteiger charge is -2.52. The molecule has 0 radical (unpaired) electrons. The molecule has 9 nitrogen and oxygen atoms in total. The van der Waals surface area contributed by atoms with E-state index in [0.29, 0.717) is 16.0 Å². The van der Waals surface area contributed by atoms with E-state index >= 15 is 0 Å². The van der Waals surface area contributed by atoms with E-state index in [1.165, 1.54) is 0 Å². The Bertz CT molecular complexity index is 744. The monoisotopic (exact) mass is 465 g/mol. The number of ether oxygens (including phenoxy) is 2. The lowest BCUT2D eigenvalue weighted by molar-refractivity contribution is -0.307. The number of carbonyl (C=O) groups excluding carboxylic acids is 2. The highest BCUT2D eigenvalue weighted by Crippen LogP contribution is 2.41. The van der Waals surface area contributed by atoms with Gasteiger partial charge in [-0.15, -0.1) is 0 Å². The molecule has 0 saturated heterocycles. The van der Waals surface area contributed by atoms with Crippen LogP contribution in [-0.2, 0) is 22.7 Å². The van der Waals surface area contributed by atoms with E-state index in [4.69, 9.17) is 9.47 Å². The summed E-state index contributed by atoms with van der Waals surface area (Å²) in [5, 5.41) is -1.56. The highest BCUT2D eigenvalue weighted by atomic mass is 31.2. The van der Waals surface area contributed by atoms with Gasteiger partial charge < -0.3 is 45.8 Å². The molecule has 0 saturated carbocycles. The Balaban J connectivity index is 1.98. The molecule has 0 aliphatic heterocycles. The van der Waals surface area contributed by atoms with E-state index in [2.05, 4.69) is 0 Å². The molecule has 0 aliphatic carbocycles. The van der Waals surface area contributed by atoms with Crippen LogP contribution in [-0.4, -0.2) is 29.0 Å². The van der Waals surface area contributed by atoms with Gasteiger partial charge in [-0.3, -0.25) is 0 Å². The fraction of sp³-hybridized carbons (Fsp3) is 0.300. The van der Waals surface area contributed by atoms with Crippen molar-refractivity contribution in [1.29, 1.82) is 0 Å². The highest BCUT2D eigenvalue weighted by molar-refractivity contribution is 7.61. The van der Waals surface area contributed by atoms with Crippen molar-refractivity contribution in [2.75, 3.05) is 6.54 Å². The van der Waals surface area contributed by atoms with Crippen molar-refractivity contribution < 1.29 is 38.6 Å². The van der Waals surface area contributed by atoms with Gasteiger partial charge in [0.05, 0.1) is 0 Å². The number of rotatable bonds is 10. The second kappa shape index (κ2) is 13.3. The van der Waals surface area contributed by atoms with E-state index in [0.717, 1.165) is 0 Å². The molecule has 11 heteroatoms. The standard InChI is InChI=1S/C20H21NO8P2/c22-19(28-14-16-8-3-1-4-9-16)21(13-7-12-18(30(24)25)31(26)27)20(23)29-15-17-10-5-2-6-11-17/h1-6,8-11,18H,7,12-15H2/q-4. The molecule has 0 bridgehead atoms. The van der Waals surface area contributed by atoms with Gasteiger partial charge in [-0.05, 0) is 24.0 Å². The second-order valence-corrected chi connectivity index (χ2v) is 9.22. The largest absolute Gasteiger partial charge is 0.841 e. The third-order valence-corrected chi connectivity index (χ3v) is 6.80. The van der Waals surface area contributed by atoms with Crippen LogP contribution in [0.25, 0.3) is 0 Å². The molecule has 0 spiro atoms. The lowest BCUT2D eigenvalue weighted by atomic mass is 10.2. The summed E-state index contributed by atoms with van der Waals surface area (Å²) in [5.74, 6) is 0. The van der Waals surface area contributed by atoms with Gasteiger partial charge >= 0.3 is 12.2 Å². The average molecular weight is 465 g/mol. The first-order chi connectivity index (χ1) is 14.9. The normalized spacial score (nSPS) is 11.1. The molecule has 2 rings (SSSR count). The van der Waals surface area contributed by atoms with Crippen molar-refractivity contribution in [3.8, 4) is 0 Å². The number of hydrogen-bond donors (Lipinski definition) is 0. The number of benzene rings is 2. The fourth-order valence-corrected chi connectivity index (χ4v) is 3.97. The molecule has 168 valence electrons. The first-order valence-electron chi connectivity index (χ1n) is 9.34. The predicted octanol–water partition coefficient (Wildman–Crippen LogP) is 1.13. The number of amides is 2. The van der Waals surface area contributed by atoms with Crippen molar-refractivity contribution in [2.45, 2.75) is 31.5 Å². The first kappa shape index (κ1) is 25.1. The van der Waals surface area contributed by atoms with Crippen LogP contribution in [0.4, 0.5) is 9.59 Å². The Kier molecular flexibility index (Phi) is 10.8. The number of imide groups is 1. The summed E-state index contributed by atoms with van der Waals surface area (Å²) in [6.07, 6.45) is -2.27. The molecule has 2 aromatic rings. The van der Waals surface area contributed by atoms with E-state index in [1.54, 1.807) is 60.7 Å². The van der Waals surface area contributed by atoms with Crippen molar-refractivity contribution in [2.24, 2.45) is 0 Å². The van der Waals surface area contributed by atoms with Crippen molar-refractivity contribution in [3.63, 3.8) is 0 Å². The van der Waals surface area contributed by atoms with Crippen LogP contribution < -0.4 is 19.6 Å². The maximum atomic E-state index is 12.5. The number of carbonyl (C=O) groups is 2. The van der Waals surface area contributed by atoms with E-state index in [-0.39, 0.29) is 32.6 Å². The Labute approximate surface area is 182 Å². The van der Waals surface area contributed by atoms with Crippen molar-refractivity contribution in [1.82, 2.24) is 4.90 Å². The minimum Gasteiger partial charge on any atom is -0.841 e. The molecule has 0 aromatic heterocycles. The van der Waals surface area contributed by atoms with Gasteiger partial charge in [0.15, 0.2) is 0 Å². The molecule has 0 heterocycles. The minimum absolute atomic E-state index is 0.0574. The Morgan fingerprint density at radius 1 is 0.774 bits per heavy atom. The zero-order valence-corrected chi connectivity index (χ0v) is 18.3. The summed E-state index contributed by atoms with van der Waals surface area (Å²) in [7, 11) is -6.37. The number of hydrogen-bond acceptors (Lipinski definition) is 8. The molecular weight excluding hydrogens is 444 g/mol. The van der Waals surface area contributed by atoms with Gasteiger partial charge in [0.2, 0.25) is 0 Å². The third kappa shape index (κ3) is 8.87. The Morgan fingerprint density at radius 2 is 1.19 bits per heavy atom. The smallest absolute Gasteiger partial charge is 0.419 e. The molecule has 0 fully saturated rings. The maximum Gasteiger partial charge on any atom is 0.419 e. The maximum absolute atomic E-state index is 12.5. The Hall–Kier alpha value is -2.12. The van der Waals surface area contributed by atoms with Crippen LogP contribution in [0.1, 0.15) is 24.0 Å². The van der Waals surface area contributed by atoms with Crippen LogP contribution in [0.15, 0.2) is 60.7 Å². The molecule has 0 unspecified atom stereocenters. The van der Waals surface area contributed by atoms with Gasteiger partial charge in [-0.1, -0.05) is 66.1 Å². The molecule has 31 heavy (non-hydrogen) atoms. The first-order valence-corrected chi connectivity index (χ1v) is 11.8. The van der Waals surface area contributed by atoms with Gasteiger partial charge in [0.1, 0.15) is 13.2 Å². The van der Waals surface area contributed by atoms with Crippen LogP contribution in [0.3, 0.4) is 0 Å². The van der Waals surface area contributed by atoms with E-state index in [1.807, 2.05) is 0 Å². The van der Waals surface area contributed by atoms with Crippen LogP contribution in [0, 0.1) is 0 Å². The van der Waals surface area contributed by atoms with Gasteiger partial charge in [0, 0.05) is 6.54 Å². The summed E-state index contributed by atoms with van der Waals surface area (Å²) in [6, 6.07) is 17.6. The fourth-order valence-electron chi connectivity index (χ4n) is 2.57. The van der Waals surface area contributed by atoms with Crippen molar-refractivity contribution >= 4 is 28.9 Å². The second-order valence-electron chi connectivity index (χ2n) is 6.43. The zero-order valence-electron chi connectivity index (χ0n) is 16.5. The summed E-state index contributed by atoms with van der Waals surface area (Å²) in [6.45, 7) is -0.419. The minimum atomic E-state index is -3.19. The van der Waals surface area contributed by atoms with Crippen LogP contribution in [0.2, 0.25) is 0 Å². The molecular formula is C20H21NO8P2-4. The molecule has 0 N–H and O–H groups in total. The predicted molar refractivity (Wildman–Crippen MR) is 107 cm³/mol. The lowest BCUT2D eigenvalue weighted by Crippen LogP contribution is -2.39.